The number of benzene rings is 1. The zero-order chi connectivity index (χ0) is 13.5. The summed E-state index contributed by atoms with van der Waals surface area (Å²) in [4.78, 5) is 0. The van der Waals surface area contributed by atoms with Crippen molar-refractivity contribution in [2.24, 2.45) is 5.92 Å². The van der Waals surface area contributed by atoms with Gasteiger partial charge >= 0.3 is 0 Å². The van der Waals surface area contributed by atoms with Crippen LogP contribution in [-0.2, 0) is 6.42 Å². The fourth-order valence-electron chi connectivity index (χ4n) is 2.06. The quantitative estimate of drug-likeness (QED) is 0.810. The molecule has 1 unspecified atom stereocenters. The standard InChI is InChI=1S/C15H24ClNO/c1-11(2)5-7-14(17-3)10-12-9-13(16)6-8-15(12)18-4/h6,8-9,11,14,17H,5,7,10H2,1-4H3. The van der Waals surface area contributed by atoms with Gasteiger partial charge in [-0.2, -0.15) is 0 Å². The zero-order valence-corrected chi connectivity index (χ0v) is 12.6. The second-order valence-electron chi connectivity index (χ2n) is 5.12. The second-order valence-corrected chi connectivity index (χ2v) is 5.55. The Morgan fingerprint density at radius 3 is 2.56 bits per heavy atom. The number of halogens is 1. The van der Waals surface area contributed by atoms with E-state index in [-0.39, 0.29) is 0 Å². The van der Waals surface area contributed by atoms with Crippen LogP contribution in [0.3, 0.4) is 0 Å². The van der Waals surface area contributed by atoms with E-state index in [4.69, 9.17) is 16.3 Å². The third kappa shape index (κ3) is 4.87. The van der Waals surface area contributed by atoms with Gasteiger partial charge in [-0.25, -0.2) is 0 Å². The summed E-state index contributed by atoms with van der Waals surface area (Å²) in [5.41, 5.74) is 1.17. The Morgan fingerprint density at radius 1 is 1.28 bits per heavy atom. The fraction of sp³-hybridized carbons (Fsp3) is 0.600. The number of rotatable bonds is 7. The molecule has 2 nitrogen and oxygen atoms in total. The lowest BCUT2D eigenvalue weighted by atomic mass is 9.97. The number of nitrogens with one attached hydrogen (secondary N) is 1. The fourth-order valence-corrected chi connectivity index (χ4v) is 2.25. The van der Waals surface area contributed by atoms with E-state index < -0.39 is 0 Å². The van der Waals surface area contributed by atoms with E-state index in [1.54, 1.807) is 7.11 Å². The molecule has 0 spiro atoms. The summed E-state index contributed by atoms with van der Waals surface area (Å²) >= 11 is 6.05. The zero-order valence-electron chi connectivity index (χ0n) is 11.8. The van der Waals surface area contributed by atoms with Crippen LogP contribution < -0.4 is 10.1 Å². The summed E-state index contributed by atoms with van der Waals surface area (Å²) < 4.78 is 5.38. The molecule has 0 saturated carbocycles. The molecule has 0 aliphatic carbocycles. The summed E-state index contributed by atoms with van der Waals surface area (Å²) in [7, 11) is 3.72. The van der Waals surface area contributed by atoms with Crippen molar-refractivity contribution in [2.75, 3.05) is 14.2 Å². The molecule has 0 saturated heterocycles. The topological polar surface area (TPSA) is 21.3 Å². The molecule has 1 N–H and O–H groups in total. The largest absolute Gasteiger partial charge is 0.496 e. The first-order valence-electron chi connectivity index (χ1n) is 6.56. The molecule has 1 aromatic rings. The van der Waals surface area contributed by atoms with E-state index in [1.165, 1.54) is 18.4 Å². The van der Waals surface area contributed by atoms with Crippen LogP contribution in [0.25, 0.3) is 0 Å². The predicted octanol–water partition coefficient (Wildman–Crippen LogP) is 3.92. The van der Waals surface area contributed by atoms with Crippen LogP contribution >= 0.6 is 11.6 Å². The van der Waals surface area contributed by atoms with Gasteiger partial charge in [-0.3, -0.25) is 0 Å². The molecule has 0 amide bonds. The van der Waals surface area contributed by atoms with Crippen LogP contribution in [0, 0.1) is 5.92 Å². The first-order chi connectivity index (χ1) is 8.56. The first kappa shape index (κ1) is 15.3. The van der Waals surface area contributed by atoms with Gasteiger partial charge in [0.1, 0.15) is 5.75 Å². The van der Waals surface area contributed by atoms with Gasteiger partial charge in [0.2, 0.25) is 0 Å². The van der Waals surface area contributed by atoms with E-state index in [0.717, 1.165) is 23.1 Å². The van der Waals surface area contributed by atoms with Crippen molar-refractivity contribution in [1.82, 2.24) is 5.32 Å². The summed E-state index contributed by atoms with van der Waals surface area (Å²) in [6.45, 7) is 4.51. The number of hydrogen-bond acceptors (Lipinski definition) is 2. The van der Waals surface area contributed by atoms with Crippen LogP contribution in [0.1, 0.15) is 32.3 Å². The molecular formula is C15H24ClNO. The highest BCUT2D eigenvalue weighted by atomic mass is 35.5. The van der Waals surface area contributed by atoms with Crippen LogP contribution in [0.4, 0.5) is 0 Å². The molecule has 1 rings (SSSR count). The molecule has 0 heterocycles. The molecule has 102 valence electrons. The molecule has 3 heteroatoms. The maximum Gasteiger partial charge on any atom is 0.122 e. The van der Waals surface area contributed by atoms with Crippen molar-refractivity contribution >= 4 is 11.6 Å². The highest BCUT2D eigenvalue weighted by Crippen LogP contribution is 2.24. The predicted molar refractivity (Wildman–Crippen MR) is 78.6 cm³/mol. The molecule has 0 aromatic heterocycles. The van der Waals surface area contributed by atoms with Crippen molar-refractivity contribution in [3.05, 3.63) is 28.8 Å². The van der Waals surface area contributed by atoms with Gasteiger partial charge in [0.25, 0.3) is 0 Å². The number of hydrogen-bond donors (Lipinski definition) is 1. The number of likely N-dealkylation sites (N-methyl/N-ethyl adjacent to an activating group) is 1. The van der Waals surface area contributed by atoms with Gasteiger partial charge in [0, 0.05) is 11.1 Å². The number of methoxy groups -OCH3 is 1. The molecule has 0 radical (unpaired) electrons. The third-order valence-electron chi connectivity index (χ3n) is 3.21. The van der Waals surface area contributed by atoms with Crippen LogP contribution in [-0.4, -0.2) is 20.2 Å². The Morgan fingerprint density at radius 2 is 2.00 bits per heavy atom. The van der Waals surface area contributed by atoms with Gasteiger partial charge in [-0.1, -0.05) is 25.4 Å². The van der Waals surface area contributed by atoms with Gasteiger partial charge in [-0.15, -0.1) is 0 Å². The van der Waals surface area contributed by atoms with Crippen molar-refractivity contribution in [3.63, 3.8) is 0 Å². The van der Waals surface area contributed by atoms with Crippen LogP contribution in [0.5, 0.6) is 5.75 Å². The van der Waals surface area contributed by atoms with Crippen LogP contribution in [0.15, 0.2) is 18.2 Å². The van der Waals surface area contributed by atoms with Gasteiger partial charge in [0.15, 0.2) is 0 Å². The highest BCUT2D eigenvalue weighted by Gasteiger charge is 2.12. The van der Waals surface area contributed by atoms with E-state index in [9.17, 15) is 0 Å². The Balaban J connectivity index is 2.71. The van der Waals surface area contributed by atoms with E-state index in [0.29, 0.717) is 6.04 Å². The maximum atomic E-state index is 6.05. The maximum absolute atomic E-state index is 6.05. The van der Waals surface area contributed by atoms with E-state index >= 15 is 0 Å². The molecule has 0 bridgehead atoms. The summed E-state index contributed by atoms with van der Waals surface area (Å²) in [5, 5.41) is 4.15. The van der Waals surface area contributed by atoms with Gasteiger partial charge in [0.05, 0.1) is 7.11 Å². The SMILES string of the molecule is CNC(CCC(C)C)Cc1cc(Cl)ccc1OC. The highest BCUT2D eigenvalue weighted by molar-refractivity contribution is 6.30. The molecular weight excluding hydrogens is 246 g/mol. The second kappa shape index (κ2) is 7.65. The summed E-state index contributed by atoms with van der Waals surface area (Å²) in [6.07, 6.45) is 3.35. The third-order valence-corrected chi connectivity index (χ3v) is 3.44. The van der Waals surface area contributed by atoms with Gasteiger partial charge < -0.3 is 10.1 Å². The number of ether oxygens (including phenoxy) is 1. The van der Waals surface area contributed by atoms with Crippen molar-refractivity contribution in [2.45, 2.75) is 39.2 Å². The minimum atomic E-state index is 0.472. The monoisotopic (exact) mass is 269 g/mol. The van der Waals surface area contributed by atoms with Crippen molar-refractivity contribution in [3.8, 4) is 5.75 Å². The Labute approximate surface area is 116 Å². The van der Waals surface area contributed by atoms with E-state index in [2.05, 4.69) is 19.2 Å². The Kier molecular flexibility index (Phi) is 6.51. The van der Waals surface area contributed by atoms with Gasteiger partial charge in [-0.05, 0) is 56.0 Å². The Hall–Kier alpha value is -0.730. The molecule has 18 heavy (non-hydrogen) atoms. The summed E-state index contributed by atoms with van der Waals surface area (Å²) in [5.74, 6) is 1.66. The average Bonchev–Trinajstić information content (AvgIpc) is 2.34. The normalized spacial score (nSPS) is 12.8. The van der Waals surface area contributed by atoms with Crippen LogP contribution in [0.2, 0.25) is 5.02 Å². The Bertz CT molecular complexity index is 366. The molecule has 0 aliphatic heterocycles. The lowest BCUT2D eigenvalue weighted by molar-refractivity contribution is 0.400. The van der Waals surface area contributed by atoms with Crippen molar-refractivity contribution < 1.29 is 4.74 Å². The molecule has 0 aliphatic rings. The first-order valence-corrected chi connectivity index (χ1v) is 6.94. The smallest absolute Gasteiger partial charge is 0.122 e. The molecule has 0 fully saturated rings. The lowest BCUT2D eigenvalue weighted by Crippen LogP contribution is -2.28. The summed E-state index contributed by atoms with van der Waals surface area (Å²) in [6, 6.07) is 6.28. The minimum Gasteiger partial charge on any atom is -0.496 e. The lowest BCUT2D eigenvalue weighted by Gasteiger charge is -2.19. The molecule has 1 aromatic carbocycles. The van der Waals surface area contributed by atoms with Crippen molar-refractivity contribution in [1.29, 1.82) is 0 Å². The average molecular weight is 270 g/mol. The molecule has 1 atom stereocenters. The minimum absolute atomic E-state index is 0.472. The van der Waals surface area contributed by atoms with E-state index in [1.807, 2.05) is 25.2 Å².